The molecule has 130 valence electrons. The third-order valence-electron chi connectivity index (χ3n) is 4.12. The monoisotopic (exact) mass is 363 g/mol. The minimum absolute atomic E-state index is 0.0252. The van der Waals surface area contributed by atoms with Crippen molar-refractivity contribution in [2.45, 2.75) is 11.3 Å². The number of rotatable bonds is 6. The summed E-state index contributed by atoms with van der Waals surface area (Å²) in [6.07, 6.45) is 1.99. The SMILES string of the molecule is CSc1ccc(C(=O)Cc2ccc(-c3ccccc3)cc2)cc1[N+](=O)[O-]. The quantitative estimate of drug-likeness (QED) is 0.254. The summed E-state index contributed by atoms with van der Waals surface area (Å²) in [6.45, 7) is 0. The molecular weight excluding hydrogens is 346 g/mol. The van der Waals surface area contributed by atoms with Gasteiger partial charge in [0.1, 0.15) is 0 Å². The van der Waals surface area contributed by atoms with E-state index in [1.165, 1.54) is 17.8 Å². The summed E-state index contributed by atoms with van der Waals surface area (Å²) in [5, 5.41) is 11.2. The highest BCUT2D eigenvalue weighted by atomic mass is 32.2. The third kappa shape index (κ3) is 4.00. The molecule has 0 amide bonds. The lowest BCUT2D eigenvalue weighted by Crippen LogP contribution is -2.04. The highest BCUT2D eigenvalue weighted by Crippen LogP contribution is 2.29. The first-order chi connectivity index (χ1) is 12.6. The first-order valence-corrected chi connectivity index (χ1v) is 9.31. The molecule has 0 aliphatic rings. The summed E-state index contributed by atoms with van der Waals surface area (Å²) in [6, 6.07) is 22.5. The van der Waals surface area contributed by atoms with Crippen LogP contribution in [-0.2, 0) is 6.42 Å². The molecule has 0 heterocycles. The van der Waals surface area contributed by atoms with Gasteiger partial charge in [0.05, 0.1) is 9.82 Å². The number of hydrogen-bond acceptors (Lipinski definition) is 4. The van der Waals surface area contributed by atoms with Crippen molar-refractivity contribution in [2.75, 3.05) is 6.26 Å². The predicted molar refractivity (Wildman–Crippen MR) is 105 cm³/mol. The molecule has 0 saturated carbocycles. The van der Waals surface area contributed by atoms with Crippen molar-refractivity contribution in [1.82, 2.24) is 0 Å². The van der Waals surface area contributed by atoms with Gasteiger partial charge in [-0.25, -0.2) is 0 Å². The number of nitro groups is 1. The normalized spacial score (nSPS) is 10.5. The number of thioether (sulfide) groups is 1. The standard InChI is InChI=1S/C21H17NO3S/c1-26-21-12-11-18(14-19(21)22(24)25)20(23)13-15-7-9-17(10-8-15)16-5-3-2-4-6-16/h2-12,14H,13H2,1H3. The molecule has 5 heteroatoms. The first kappa shape index (κ1) is 17.9. The second kappa shape index (κ2) is 7.97. The van der Waals surface area contributed by atoms with E-state index < -0.39 is 4.92 Å². The van der Waals surface area contributed by atoms with E-state index in [0.717, 1.165) is 16.7 Å². The van der Waals surface area contributed by atoms with E-state index in [0.29, 0.717) is 10.5 Å². The molecule has 3 aromatic carbocycles. The van der Waals surface area contributed by atoms with E-state index in [-0.39, 0.29) is 17.9 Å². The average Bonchev–Trinajstić information content (AvgIpc) is 2.68. The number of hydrogen-bond donors (Lipinski definition) is 0. The number of ketones is 1. The maximum Gasteiger partial charge on any atom is 0.283 e. The van der Waals surface area contributed by atoms with E-state index in [1.807, 2.05) is 54.6 Å². The number of carbonyl (C=O) groups is 1. The lowest BCUT2D eigenvalue weighted by atomic mass is 9.99. The van der Waals surface area contributed by atoms with Crippen LogP contribution in [0.4, 0.5) is 5.69 Å². The second-order valence-electron chi connectivity index (χ2n) is 5.81. The van der Waals surface area contributed by atoms with Crippen LogP contribution >= 0.6 is 11.8 Å². The molecule has 26 heavy (non-hydrogen) atoms. The number of nitrogens with zero attached hydrogens (tertiary/aromatic N) is 1. The zero-order chi connectivity index (χ0) is 18.5. The van der Waals surface area contributed by atoms with Gasteiger partial charge in [-0.05, 0) is 35.1 Å². The molecule has 3 rings (SSSR count). The van der Waals surface area contributed by atoms with Gasteiger partial charge < -0.3 is 0 Å². The van der Waals surface area contributed by atoms with Gasteiger partial charge in [-0.1, -0.05) is 54.6 Å². The molecule has 0 N–H and O–H groups in total. The van der Waals surface area contributed by atoms with E-state index in [2.05, 4.69) is 0 Å². The van der Waals surface area contributed by atoms with Crippen LogP contribution in [0.2, 0.25) is 0 Å². The van der Waals surface area contributed by atoms with Gasteiger partial charge in [0.15, 0.2) is 5.78 Å². The maximum absolute atomic E-state index is 12.5. The Kier molecular flexibility index (Phi) is 5.49. The van der Waals surface area contributed by atoms with Gasteiger partial charge in [-0.15, -0.1) is 11.8 Å². The van der Waals surface area contributed by atoms with E-state index >= 15 is 0 Å². The molecule has 0 aromatic heterocycles. The Hall–Kier alpha value is -2.92. The summed E-state index contributed by atoms with van der Waals surface area (Å²) >= 11 is 1.29. The Labute approximate surface area is 156 Å². The first-order valence-electron chi connectivity index (χ1n) is 8.08. The van der Waals surface area contributed by atoms with E-state index in [9.17, 15) is 14.9 Å². The van der Waals surface area contributed by atoms with Crippen molar-refractivity contribution in [1.29, 1.82) is 0 Å². The van der Waals surface area contributed by atoms with Crippen LogP contribution in [0.3, 0.4) is 0 Å². The summed E-state index contributed by atoms with van der Waals surface area (Å²) in [5.74, 6) is -0.131. The summed E-state index contributed by atoms with van der Waals surface area (Å²) in [4.78, 5) is 23.8. The number of nitro benzene ring substituents is 1. The molecule has 0 spiro atoms. The van der Waals surface area contributed by atoms with Crippen LogP contribution in [0.25, 0.3) is 11.1 Å². The number of carbonyl (C=O) groups excluding carboxylic acids is 1. The largest absolute Gasteiger partial charge is 0.294 e. The molecule has 0 fully saturated rings. The van der Waals surface area contributed by atoms with E-state index in [4.69, 9.17) is 0 Å². The molecule has 0 bridgehead atoms. The highest BCUT2D eigenvalue weighted by Gasteiger charge is 2.17. The Bertz CT molecular complexity index is 937. The van der Waals surface area contributed by atoms with Crippen LogP contribution in [0.15, 0.2) is 77.7 Å². The molecule has 0 aliphatic heterocycles. The Morgan fingerprint density at radius 2 is 1.62 bits per heavy atom. The highest BCUT2D eigenvalue weighted by molar-refractivity contribution is 7.98. The zero-order valence-electron chi connectivity index (χ0n) is 14.2. The lowest BCUT2D eigenvalue weighted by Gasteiger charge is -2.06. The molecule has 0 aliphatic carbocycles. The van der Waals surface area contributed by atoms with Crippen molar-refractivity contribution in [2.24, 2.45) is 0 Å². The smallest absolute Gasteiger partial charge is 0.283 e. The molecule has 4 nitrogen and oxygen atoms in total. The molecule has 0 radical (unpaired) electrons. The average molecular weight is 363 g/mol. The fourth-order valence-electron chi connectivity index (χ4n) is 2.74. The molecule has 0 saturated heterocycles. The Morgan fingerprint density at radius 3 is 2.23 bits per heavy atom. The summed E-state index contributed by atoms with van der Waals surface area (Å²) < 4.78 is 0. The zero-order valence-corrected chi connectivity index (χ0v) is 15.0. The van der Waals surface area contributed by atoms with Gasteiger partial charge in [-0.2, -0.15) is 0 Å². The molecular formula is C21H17NO3S. The maximum atomic E-state index is 12.5. The predicted octanol–water partition coefficient (Wildman–Crippen LogP) is 5.41. The van der Waals surface area contributed by atoms with Gasteiger partial charge in [0, 0.05) is 18.1 Å². The van der Waals surface area contributed by atoms with Crippen molar-refractivity contribution in [3.8, 4) is 11.1 Å². The van der Waals surface area contributed by atoms with Crippen LogP contribution in [0.1, 0.15) is 15.9 Å². The minimum Gasteiger partial charge on any atom is -0.294 e. The summed E-state index contributed by atoms with van der Waals surface area (Å²) in [7, 11) is 0. The number of benzene rings is 3. The van der Waals surface area contributed by atoms with Gasteiger partial charge in [0.2, 0.25) is 0 Å². The van der Waals surface area contributed by atoms with Gasteiger partial charge in [-0.3, -0.25) is 14.9 Å². The number of Topliss-reactive ketones (excluding diaryl/α,β-unsaturated/α-hetero) is 1. The third-order valence-corrected chi connectivity index (χ3v) is 4.91. The van der Waals surface area contributed by atoms with Crippen molar-refractivity contribution >= 4 is 23.2 Å². The van der Waals surface area contributed by atoms with Gasteiger partial charge in [0.25, 0.3) is 5.69 Å². The molecule has 0 atom stereocenters. The summed E-state index contributed by atoms with van der Waals surface area (Å²) in [5.41, 5.74) is 3.42. The van der Waals surface area contributed by atoms with Crippen molar-refractivity contribution in [3.05, 3.63) is 94.0 Å². The van der Waals surface area contributed by atoms with Crippen LogP contribution < -0.4 is 0 Å². The molecule has 0 unspecified atom stereocenters. The minimum atomic E-state index is -0.447. The van der Waals surface area contributed by atoms with Crippen molar-refractivity contribution < 1.29 is 9.72 Å². The van der Waals surface area contributed by atoms with Crippen LogP contribution in [0, 0.1) is 10.1 Å². The van der Waals surface area contributed by atoms with E-state index in [1.54, 1.807) is 18.4 Å². The fraction of sp³-hybridized carbons (Fsp3) is 0.0952. The van der Waals surface area contributed by atoms with Crippen LogP contribution in [0.5, 0.6) is 0 Å². The van der Waals surface area contributed by atoms with Crippen molar-refractivity contribution in [3.63, 3.8) is 0 Å². The lowest BCUT2D eigenvalue weighted by molar-refractivity contribution is -0.387. The second-order valence-corrected chi connectivity index (χ2v) is 6.65. The Morgan fingerprint density at radius 1 is 0.962 bits per heavy atom. The van der Waals surface area contributed by atoms with Gasteiger partial charge >= 0.3 is 0 Å². The van der Waals surface area contributed by atoms with Crippen LogP contribution in [-0.4, -0.2) is 17.0 Å². The Balaban J connectivity index is 1.78. The molecule has 3 aromatic rings. The topological polar surface area (TPSA) is 60.2 Å². The fourth-order valence-corrected chi connectivity index (χ4v) is 3.29.